The number of halogens is 1. The Hall–Kier alpha value is -1.75. The van der Waals surface area contributed by atoms with Crippen LogP contribution in [-0.2, 0) is 0 Å². The maximum atomic E-state index is 11.7. The van der Waals surface area contributed by atoms with E-state index in [9.17, 15) is 9.59 Å². The van der Waals surface area contributed by atoms with Gasteiger partial charge in [0.1, 0.15) is 11.1 Å². The standard InChI is InChI=1S/C11H11ClN2O3/c12-5-2-6-17-8-4-1-3-7-9(8)10(15)14-11(16)13-7/h1,3-4H,2,5-6H2,(H2,13,14,15,16). The van der Waals surface area contributed by atoms with Crippen molar-refractivity contribution in [1.82, 2.24) is 9.97 Å². The van der Waals surface area contributed by atoms with Gasteiger partial charge in [-0.05, 0) is 18.6 Å². The van der Waals surface area contributed by atoms with Crippen LogP contribution >= 0.6 is 11.6 Å². The Morgan fingerprint density at radius 3 is 2.82 bits per heavy atom. The molecule has 2 rings (SSSR count). The molecule has 0 saturated carbocycles. The number of aromatic amines is 2. The third-order valence-electron chi connectivity index (χ3n) is 2.26. The Kier molecular flexibility index (Phi) is 3.49. The van der Waals surface area contributed by atoms with Crippen LogP contribution in [0.5, 0.6) is 5.75 Å². The number of rotatable bonds is 4. The maximum absolute atomic E-state index is 11.7. The first-order valence-corrected chi connectivity index (χ1v) is 5.70. The summed E-state index contributed by atoms with van der Waals surface area (Å²) in [5.74, 6) is 0.947. The Labute approximate surface area is 101 Å². The van der Waals surface area contributed by atoms with Crippen LogP contribution in [0.2, 0.25) is 0 Å². The van der Waals surface area contributed by atoms with Gasteiger partial charge < -0.3 is 9.72 Å². The van der Waals surface area contributed by atoms with E-state index in [2.05, 4.69) is 9.97 Å². The first-order chi connectivity index (χ1) is 8.22. The van der Waals surface area contributed by atoms with Crippen molar-refractivity contribution in [3.8, 4) is 5.75 Å². The number of ether oxygens (including phenoxy) is 1. The molecule has 90 valence electrons. The highest BCUT2D eigenvalue weighted by Gasteiger charge is 2.07. The Balaban J connectivity index is 2.49. The quantitative estimate of drug-likeness (QED) is 0.636. The van der Waals surface area contributed by atoms with Gasteiger partial charge in [-0.1, -0.05) is 6.07 Å². The predicted molar refractivity (Wildman–Crippen MR) is 66.0 cm³/mol. The van der Waals surface area contributed by atoms with Crippen LogP contribution in [0.15, 0.2) is 27.8 Å². The summed E-state index contributed by atoms with van der Waals surface area (Å²) in [4.78, 5) is 27.5. The fourth-order valence-corrected chi connectivity index (χ4v) is 1.65. The molecule has 0 unspecified atom stereocenters. The van der Waals surface area contributed by atoms with Gasteiger partial charge in [0.15, 0.2) is 0 Å². The summed E-state index contributed by atoms with van der Waals surface area (Å²) in [6.45, 7) is 0.432. The van der Waals surface area contributed by atoms with Crippen molar-refractivity contribution in [2.75, 3.05) is 12.5 Å². The molecule has 5 nitrogen and oxygen atoms in total. The number of alkyl halides is 1. The zero-order valence-corrected chi connectivity index (χ0v) is 9.71. The minimum Gasteiger partial charge on any atom is -0.493 e. The molecule has 2 aromatic rings. The van der Waals surface area contributed by atoms with E-state index in [0.29, 0.717) is 35.6 Å². The highest BCUT2D eigenvalue weighted by Crippen LogP contribution is 2.19. The van der Waals surface area contributed by atoms with Gasteiger partial charge in [-0.2, -0.15) is 0 Å². The largest absolute Gasteiger partial charge is 0.493 e. The third kappa shape index (κ3) is 2.50. The second kappa shape index (κ2) is 5.05. The molecule has 0 aliphatic heterocycles. The first kappa shape index (κ1) is 11.7. The van der Waals surface area contributed by atoms with Crippen molar-refractivity contribution >= 4 is 22.5 Å². The summed E-state index contributed by atoms with van der Waals surface area (Å²) in [6, 6.07) is 5.05. The van der Waals surface area contributed by atoms with Crippen LogP contribution in [0.3, 0.4) is 0 Å². The molecular formula is C11H11ClN2O3. The zero-order chi connectivity index (χ0) is 12.3. The summed E-state index contributed by atoms with van der Waals surface area (Å²) in [6.07, 6.45) is 0.694. The Morgan fingerprint density at radius 1 is 1.24 bits per heavy atom. The Morgan fingerprint density at radius 2 is 2.06 bits per heavy atom. The molecule has 0 amide bonds. The molecule has 0 radical (unpaired) electrons. The van der Waals surface area contributed by atoms with E-state index >= 15 is 0 Å². The van der Waals surface area contributed by atoms with E-state index < -0.39 is 11.2 Å². The average molecular weight is 255 g/mol. The minimum absolute atomic E-state index is 0.349. The van der Waals surface area contributed by atoms with Gasteiger partial charge >= 0.3 is 5.69 Å². The molecule has 0 atom stereocenters. The molecule has 0 spiro atoms. The van der Waals surface area contributed by atoms with Gasteiger partial charge in [-0.25, -0.2) is 4.79 Å². The van der Waals surface area contributed by atoms with Crippen molar-refractivity contribution in [1.29, 1.82) is 0 Å². The van der Waals surface area contributed by atoms with Crippen molar-refractivity contribution in [2.24, 2.45) is 0 Å². The van der Waals surface area contributed by atoms with E-state index in [4.69, 9.17) is 16.3 Å². The number of aromatic nitrogens is 2. The van der Waals surface area contributed by atoms with Gasteiger partial charge in [0, 0.05) is 5.88 Å². The third-order valence-corrected chi connectivity index (χ3v) is 2.53. The molecule has 0 saturated heterocycles. The van der Waals surface area contributed by atoms with Crippen LogP contribution in [0.4, 0.5) is 0 Å². The normalized spacial score (nSPS) is 10.6. The number of benzene rings is 1. The highest BCUT2D eigenvalue weighted by molar-refractivity contribution is 6.17. The van der Waals surface area contributed by atoms with E-state index in [-0.39, 0.29) is 0 Å². The lowest BCUT2D eigenvalue weighted by atomic mass is 10.2. The Bertz CT molecular complexity index is 632. The number of fused-ring (bicyclic) bond motifs is 1. The summed E-state index contributed by atoms with van der Waals surface area (Å²) in [5, 5.41) is 0.349. The van der Waals surface area contributed by atoms with Gasteiger partial charge in [0.2, 0.25) is 0 Å². The highest BCUT2D eigenvalue weighted by atomic mass is 35.5. The molecule has 2 N–H and O–H groups in total. The molecule has 0 aliphatic carbocycles. The lowest BCUT2D eigenvalue weighted by Crippen LogP contribution is -2.22. The smallest absolute Gasteiger partial charge is 0.326 e. The summed E-state index contributed by atoms with van der Waals surface area (Å²) in [5.41, 5.74) is -0.521. The van der Waals surface area contributed by atoms with Crippen LogP contribution in [-0.4, -0.2) is 22.5 Å². The fraction of sp³-hybridized carbons (Fsp3) is 0.273. The second-order valence-corrected chi connectivity index (χ2v) is 3.86. The van der Waals surface area contributed by atoms with E-state index in [1.807, 2.05) is 0 Å². The second-order valence-electron chi connectivity index (χ2n) is 3.48. The first-order valence-electron chi connectivity index (χ1n) is 5.16. The average Bonchev–Trinajstić information content (AvgIpc) is 2.28. The van der Waals surface area contributed by atoms with Crippen LogP contribution in [0.1, 0.15) is 6.42 Å². The summed E-state index contributed by atoms with van der Waals surface area (Å²) >= 11 is 5.54. The lowest BCUT2D eigenvalue weighted by molar-refractivity contribution is 0.322. The van der Waals surface area contributed by atoms with Crippen molar-refractivity contribution in [3.05, 3.63) is 39.0 Å². The lowest BCUT2D eigenvalue weighted by Gasteiger charge is -2.07. The van der Waals surface area contributed by atoms with Crippen LogP contribution in [0.25, 0.3) is 10.9 Å². The fourth-order valence-electron chi connectivity index (χ4n) is 1.55. The minimum atomic E-state index is -0.527. The van der Waals surface area contributed by atoms with E-state index in [1.165, 1.54) is 0 Å². The summed E-state index contributed by atoms with van der Waals surface area (Å²) < 4.78 is 5.45. The predicted octanol–water partition coefficient (Wildman–Crippen LogP) is 1.22. The molecule has 0 aliphatic rings. The zero-order valence-electron chi connectivity index (χ0n) is 8.96. The monoisotopic (exact) mass is 254 g/mol. The molecule has 0 fully saturated rings. The molecule has 1 heterocycles. The van der Waals surface area contributed by atoms with Crippen molar-refractivity contribution in [2.45, 2.75) is 6.42 Å². The van der Waals surface area contributed by atoms with Crippen LogP contribution in [0, 0.1) is 0 Å². The van der Waals surface area contributed by atoms with Gasteiger partial charge in [-0.3, -0.25) is 9.78 Å². The number of hydrogen-bond donors (Lipinski definition) is 2. The number of H-pyrrole nitrogens is 2. The van der Waals surface area contributed by atoms with Gasteiger partial charge in [0.05, 0.1) is 12.1 Å². The molecular weight excluding hydrogens is 244 g/mol. The number of hydrogen-bond acceptors (Lipinski definition) is 3. The number of nitrogens with one attached hydrogen (secondary N) is 2. The van der Waals surface area contributed by atoms with Gasteiger partial charge in [-0.15, -0.1) is 11.6 Å². The van der Waals surface area contributed by atoms with E-state index in [0.717, 1.165) is 0 Å². The summed E-state index contributed by atoms with van der Waals surface area (Å²) in [7, 11) is 0. The molecule has 1 aromatic carbocycles. The molecule has 6 heteroatoms. The topological polar surface area (TPSA) is 74.9 Å². The van der Waals surface area contributed by atoms with Crippen LogP contribution < -0.4 is 16.0 Å². The maximum Gasteiger partial charge on any atom is 0.326 e. The molecule has 0 bridgehead atoms. The van der Waals surface area contributed by atoms with Crippen molar-refractivity contribution in [3.63, 3.8) is 0 Å². The SMILES string of the molecule is O=c1[nH]c(=O)c2c(OCCCCl)cccc2[nH]1. The molecule has 1 aromatic heterocycles. The van der Waals surface area contributed by atoms with Crippen molar-refractivity contribution < 1.29 is 4.74 Å². The van der Waals surface area contributed by atoms with E-state index in [1.54, 1.807) is 18.2 Å². The van der Waals surface area contributed by atoms with Gasteiger partial charge in [0.25, 0.3) is 5.56 Å². The molecule has 17 heavy (non-hydrogen) atoms.